The molecule has 108 valence electrons. The third kappa shape index (κ3) is 3.61. The van der Waals surface area contributed by atoms with Gasteiger partial charge in [0.05, 0.1) is 0 Å². The average molecular weight is 305 g/mol. The molecule has 0 spiro atoms. The van der Waals surface area contributed by atoms with E-state index in [0.29, 0.717) is 11.3 Å². The molecule has 1 unspecified atom stereocenters. The zero-order chi connectivity index (χ0) is 15.4. The quantitative estimate of drug-likeness (QED) is 0.532. The summed E-state index contributed by atoms with van der Waals surface area (Å²) in [7, 11) is 0. The molecule has 0 amide bonds. The summed E-state index contributed by atoms with van der Waals surface area (Å²) in [6, 6.07) is 13.9. The number of ether oxygens (including phenoxy) is 1. The van der Waals surface area contributed by atoms with E-state index in [2.05, 4.69) is 0 Å². The fourth-order valence-corrected chi connectivity index (χ4v) is 2.07. The minimum Gasteiger partial charge on any atom is -0.480 e. The van der Waals surface area contributed by atoms with Crippen LogP contribution in [0.5, 0.6) is 5.75 Å². The van der Waals surface area contributed by atoms with Crippen molar-refractivity contribution in [2.24, 2.45) is 0 Å². The molecule has 0 aliphatic heterocycles. The Balaban J connectivity index is 2.35. The first-order chi connectivity index (χ1) is 9.99. The molecular formula is C16H13ClO4. The number of aliphatic carboxylic acids is 1. The lowest BCUT2D eigenvalue weighted by Crippen LogP contribution is -2.04. The molecule has 5 heteroatoms. The highest BCUT2D eigenvalue weighted by molar-refractivity contribution is 6.29. The largest absolute Gasteiger partial charge is 0.480 e. The summed E-state index contributed by atoms with van der Waals surface area (Å²) in [5, 5.41) is 7.79. The van der Waals surface area contributed by atoms with Gasteiger partial charge in [0.1, 0.15) is 5.75 Å². The Morgan fingerprint density at radius 1 is 1.10 bits per heavy atom. The van der Waals surface area contributed by atoms with Crippen molar-refractivity contribution in [3.63, 3.8) is 0 Å². The van der Waals surface area contributed by atoms with Crippen LogP contribution in [0.25, 0.3) is 11.1 Å². The number of esters is 1. The van der Waals surface area contributed by atoms with Crippen LogP contribution in [-0.4, -0.2) is 17.0 Å². The first kappa shape index (κ1) is 15.1. The van der Waals surface area contributed by atoms with Crippen LogP contribution in [-0.2, 0) is 9.59 Å². The van der Waals surface area contributed by atoms with E-state index in [-0.39, 0.29) is 0 Å². The van der Waals surface area contributed by atoms with Crippen molar-refractivity contribution in [1.29, 1.82) is 0 Å². The van der Waals surface area contributed by atoms with Gasteiger partial charge in [0.25, 0.3) is 0 Å². The number of halogens is 1. The zero-order valence-electron chi connectivity index (χ0n) is 11.2. The van der Waals surface area contributed by atoms with Crippen LogP contribution in [0.3, 0.4) is 0 Å². The topological polar surface area (TPSA) is 63.6 Å². The summed E-state index contributed by atoms with van der Waals surface area (Å²) in [5.74, 6) is -1.03. The van der Waals surface area contributed by atoms with Gasteiger partial charge in [-0.05, 0) is 17.2 Å². The number of rotatable bonds is 4. The van der Waals surface area contributed by atoms with Crippen molar-refractivity contribution in [2.75, 3.05) is 0 Å². The van der Waals surface area contributed by atoms with Gasteiger partial charge in [-0.25, -0.2) is 0 Å². The van der Waals surface area contributed by atoms with Crippen LogP contribution in [0.15, 0.2) is 48.5 Å². The number of hydrogen-bond acceptors (Lipinski definition) is 3. The number of carboxylic acid groups (broad SMARTS) is 1. The van der Waals surface area contributed by atoms with Crippen LogP contribution in [0.4, 0.5) is 0 Å². The number of benzene rings is 2. The molecule has 21 heavy (non-hydrogen) atoms. The van der Waals surface area contributed by atoms with Crippen LogP contribution >= 0.6 is 11.6 Å². The smallest absolute Gasteiger partial charge is 0.326 e. The van der Waals surface area contributed by atoms with E-state index in [9.17, 15) is 9.59 Å². The second-order valence-corrected chi connectivity index (χ2v) is 4.85. The van der Waals surface area contributed by atoms with Crippen LogP contribution in [0.1, 0.15) is 17.9 Å². The maximum atomic E-state index is 11.1. The minimum absolute atomic E-state index is 0.397. The lowest BCUT2D eigenvalue weighted by molar-refractivity contribution is -0.136. The third-order valence-corrected chi connectivity index (χ3v) is 3.31. The average Bonchev–Trinajstić information content (AvgIpc) is 2.46. The number of para-hydroxylation sites is 1. The molecule has 2 aromatic carbocycles. The Kier molecular flexibility index (Phi) is 4.60. The van der Waals surface area contributed by atoms with Gasteiger partial charge in [-0.2, -0.15) is 0 Å². The van der Waals surface area contributed by atoms with E-state index in [0.717, 1.165) is 11.1 Å². The second-order valence-electron chi connectivity index (χ2n) is 4.41. The van der Waals surface area contributed by atoms with Gasteiger partial charge < -0.3 is 9.84 Å². The van der Waals surface area contributed by atoms with Gasteiger partial charge in [-0.1, -0.05) is 42.5 Å². The Bertz CT molecular complexity index is 664. The SMILES string of the molecule is CC(=O)Oc1ccccc1-c1ccc(C(Cl)C(=O)O)cc1. The Labute approximate surface area is 126 Å². The normalized spacial score (nSPS) is 11.7. The summed E-state index contributed by atoms with van der Waals surface area (Å²) in [5.41, 5.74) is 2.06. The van der Waals surface area contributed by atoms with Gasteiger partial charge in [-0.15, -0.1) is 11.6 Å². The number of alkyl halides is 1. The Morgan fingerprint density at radius 2 is 1.71 bits per heavy atom. The van der Waals surface area contributed by atoms with Crippen LogP contribution in [0.2, 0.25) is 0 Å². The molecule has 0 heterocycles. The lowest BCUT2D eigenvalue weighted by atomic mass is 10.0. The van der Waals surface area contributed by atoms with Crippen molar-refractivity contribution < 1.29 is 19.4 Å². The van der Waals surface area contributed by atoms with Crippen LogP contribution in [0, 0.1) is 0 Å². The molecule has 0 saturated heterocycles. The molecule has 4 nitrogen and oxygen atoms in total. The molecule has 0 fully saturated rings. The first-order valence-corrected chi connectivity index (χ1v) is 6.67. The van der Waals surface area contributed by atoms with Crippen molar-refractivity contribution >= 4 is 23.5 Å². The van der Waals surface area contributed by atoms with Gasteiger partial charge in [-0.3, -0.25) is 9.59 Å². The third-order valence-electron chi connectivity index (χ3n) is 2.87. The number of carbonyl (C=O) groups excluding carboxylic acids is 1. The Morgan fingerprint density at radius 3 is 2.29 bits per heavy atom. The van der Waals surface area contributed by atoms with E-state index in [1.54, 1.807) is 36.4 Å². The fraction of sp³-hybridized carbons (Fsp3) is 0.125. The molecule has 0 radical (unpaired) electrons. The highest BCUT2D eigenvalue weighted by Gasteiger charge is 2.16. The molecule has 0 aliphatic carbocycles. The standard InChI is InChI=1S/C16H13ClO4/c1-10(18)21-14-5-3-2-4-13(14)11-6-8-12(9-7-11)15(17)16(19)20/h2-9,15H,1H3,(H,19,20). The fourth-order valence-electron chi connectivity index (χ4n) is 1.92. The van der Waals surface area contributed by atoms with Gasteiger partial charge in [0, 0.05) is 12.5 Å². The lowest BCUT2D eigenvalue weighted by Gasteiger charge is -2.10. The zero-order valence-corrected chi connectivity index (χ0v) is 12.0. The summed E-state index contributed by atoms with van der Waals surface area (Å²) >= 11 is 5.77. The molecule has 2 aromatic rings. The summed E-state index contributed by atoms with van der Waals surface area (Å²) < 4.78 is 5.16. The van der Waals surface area contributed by atoms with E-state index >= 15 is 0 Å². The van der Waals surface area contributed by atoms with Crippen molar-refractivity contribution in [3.05, 3.63) is 54.1 Å². The van der Waals surface area contributed by atoms with Crippen LogP contribution < -0.4 is 4.74 Å². The Hall–Kier alpha value is -2.33. The van der Waals surface area contributed by atoms with Crippen molar-refractivity contribution in [1.82, 2.24) is 0 Å². The molecule has 1 N–H and O–H groups in total. The van der Waals surface area contributed by atoms with Gasteiger partial charge >= 0.3 is 11.9 Å². The van der Waals surface area contributed by atoms with E-state index in [1.807, 2.05) is 12.1 Å². The summed E-state index contributed by atoms with van der Waals surface area (Å²) in [6.07, 6.45) is 0. The number of carboxylic acids is 1. The predicted octanol–water partition coefficient (Wildman–Crippen LogP) is 3.64. The molecule has 0 bridgehead atoms. The molecule has 0 aromatic heterocycles. The second kappa shape index (κ2) is 6.41. The highest BCUT2D eigenvalue weighted by atomic mass is 35.5. The molecule has 0 aliphatic rings. The van der Waals surface area contributed by atoms with Gasteiger partial charge in [0.15, 0.2) is 5.38 Å². The number of carbonyl (C=O) groups is 2. The monoisotopic (exact) mass is 304 g/mol. The van der Waals surface area contributed by atoms with E-state index < -0.39 is 17.3 Å². The van der Waals surface area contributed by atoms with E-state index in [1.165, 1.54) is 6.92 Å². The van der Waals surface area contributed by atoms with Crippen molar-refractivity contribution in [2.45, 2.75) is 12.3 Å². The summed E-state index contributed by atoms with van der Waals surface area (Å²) in [4.78, 5) is 22.0. The molecule has 2 rings (SSSR count). The molecule has 0 saturated carbocycles. The maximum absolute atomic E-state index is 11.1. The number of hydrogen-bond donors (Lipinski definition) is 1. The maximum Gasteiger partial charge on any atom is 0.326 e. The molecular weight excluding hydrogens is 292 g/mol. The predicted molar refractivity (Wildman–Crippen MR) is 79.4 cm³/mol. The first-order valence-electron chi connectivity index (χ1n) is 6.23. The van der Waals surface area contributed by atoms with Gasteiger partial charge in [0.2, 0.25) is 0 Å². The minimum atomic E-state index is -1.09. The van der Waals surface area contributed by atoms with E-state index in [4.69, 9.17) is 21.4 Å². The molecule has 1 atom stereocenters. The summed E-state index contributed by atoms with van der Waals surface area (Å²) in [6.45, 7) is 1.34. The highest BCUT2D eigenvalue weighted by Crippen LogP contribution is 2.31. The van der Waals surface area contributed by atoms with Crippen molar-refractivity contribution in [3.8, 4) is 16.9 Å².